The van der Waals surface area contributed by atoms with E-state index in [1.54, 1.807) is 45.4 Å². The summed E-state index contributed by atoms with van der Waals surface area (Å²) in [6, 6.07) is 11.1. The molecule has 0 aliphatic heterocycles. The highest BCUT2D eigenvalue weighted by atomic mass is 16.5. The number of benzene rings is 2. The largest absolute Gasteiger partial charge is 0.493 e. The molecule has 0 aliphatic carbocycles. The van der Waals surface area contributed by atoms with Gasteiger partial charge in [0.1, 0.15) is 0 Å². The fourth-order valence-corrected chi connectivity index (χ4v) is 2.95. The molecule has 2 aromatic rings. The number of aryl methyl sites for hydroxylation is 1. The van der Waals surface area contributed by atoms with Crippen molar-refractivity contribution in [1.82, 2.24) is 0 Å². The Labute approximate surface area is 177 Å². The molecular formula is C24H29NO5. The molecule has 0 saturated carbocycles. The van der Waals surface area contributed by atoms with Crippen LogP contribution in [0.3, 0.4) is 0 Å². The number of para-hydroxylation sites is 1. The average molecular weight is 411 g/mol. The topological polar surface area (TPSA) is 73.9 Å². The molecule has 2 rings (SSSR count). The highest BCUT2D eigenvalue weighted by Crippen LogP contribution is 2.28. The van der Waals surface area contributed by atoms with Crippen molar-refractivity contribution in [2.24, 2.45) is 0 Å². The fraction of sp³-hybridized carbons (Fsp3) is 0.333. The van der Waals surface area contributed by atoms with Crippen molar-refractivity contribution in [3.8, 4) is 11.5 Å². The van der Waals surface area contributed by atoms with Gasteiger partial charge in [-0.2, -0.15) is 0 Å². The fourth-order valence-electron chi connectivity index (χ4n) is 2.95. The number of ether oxygens (including phenoxy) is 3. The zero-order valence-corrected chi connectivity index (χ0v) is 18.3. The lowest BCUT2D eigenvalue weighted by atomic mass is 9.98. The third-order valence-corrected chi connectivity index (χ3v) is 4.66. The Hall–Kier alpha value is -3.28. The molecule has 0 fully saturated rings. The van der Waals surface area contributed by atoms with Crippen LogP contribution >= 0.6 is 0 Å². The van der Waals surface area contributed by atoms with Crippen molar-refractivity contribution in [2.75, 3.05) is 19.5 Å². The summed E-state index contributed by atoms with van der Waals surface area (Å²) in [7, 11) is 3.09. The van der Waals surface area contributed by atoms with E-state index in [0.717, 1.165) is 22.4 Å². The molecule has 1 N–H and O–H groups in total. The van der Waals surface area contributed by atoms with Crippen LogP contribution in [0.4, 0.5) is 5.69 Å². The molecule has 0 spiro atoms. The number of carbonyl (C=O) groups excluding carboxylic acids is 2. The Morgan fingerprint density at radius 3 is 2.33 bits per heavy atom. The predicted octanol–water partition coefficient (Wildman–Crippen LogP) is 4.72. The van der Waals surface area contributed by atoms with Gasteiger partial charge in [0, 0.05) is 11.8 Å². The average Bonchev–Trinajstić information content (AvgIpc) is 2.72. The van der Waals surface area contributed by atoms with E-state index in [-0.39, 0.29) is 11.8 Å². The van der Waals surface area contributed by atoms with Crippen molar-refractivity contribution >= 4 is 23.6 Å². The van der Waals surface area contributed by atoms with Crippen LogP contribution in [0, 0.1) is 6.92 Å². The minimum atomic E-state index is -0.938. The molecule has 0 unspecified atom stereocenters. The first-order valence-corrected chi connectivity index (χ1v) is 9.77. The molecule has 0 radical (unpaired) electrons. The molecule has 0 bridgehead atoms. The number of amides is 1. The van der Waals surface area contributed by atoms with Gasteiger partial charge in [0.05, 0.1) is 14.2 Å². The molecule has 30 heavy (non-hydrogen) atoms. The van der Waals surface area contributed by atoms with E-state index >= 15 is 0 Å². The summed E-state index contributed by atoms with van der Waals surface area (Å²) in [6.07, 6.45) is 1.93. The number of hydrogen-bond acceptors (Lipinski definition) is 5. The van der Waals surface area contributed by atoms with Gasteiger partial charge in [0.25, 0.3) is 5.91 Å². The quantitative estimate of drug-likeness (QED) is 0.503. The molecule has 1 atom stereocenters. The van der Waals surface area contributed by atoms with E-state index in [1.165, 1.54) is 6.08 Å². The third-order valence-electron chi connectivity index (χ3n) is 4.66. The smallest absolute Gasteiger partial charge is 0.331 e. The van der Waals surface area contributed by atoms with E-state index in [0.29, 0.717) is 11.5 Å². The minimum absolute atomic E-state index is 0.252. The number of nitrogens with one attached hydrogen (secondary N) is 1. The van der Waals surface area contributed by atoms with Gasteiger partial charge in [-0.1, -0.05) is 38.1 Å². The number of methoxy groups -OCH3 is 2. The SMILES string of the molecule is COc1ccc(/C=C/C(=O)O[C@@H](C)C(=O)Nc2c(C)cccc2C(C)C)cc1OC. The summed E-state index contributed by atoms with van der Waals surface area (Å²) >= 11 is 0. The lowest BCUT2D eigenvalue weighted by Gasteiger charge is -2.18. The Morgan fingerprint density at radius 2 is 1.70 bits per heavy atom. The molecule has 0 heterocycles. The maximum absolute atomic E-state index is 12.6. The third kappa shape index (κ3) is 5.86. The summed E-state index contributed by atoms with van der Waals surface area (Å²) in [6.45, 7) is 7.61. The van der Waals surface area contributed by atoms with Gasteiger partial charge in [-0.3, -0.25) is 4.79 Å². The zero-order valence-electron chi connectivity index (χ0n) is 18.3. The highest BCUT2D eigenvalue weighted by Gasteiger charge is 2.19. The second-order valence-corrected chi connectivity index (χ2v) is 7.21. The van der Waals surface area contributed by atoms with E-state index in [9.17, 15) is 9.59 Å². The normalized spacial score (nSPS) is 12.0. The molecule has 2 aromatic carbocycles. The number of anilines is 1. The lowest BCUT2D eigenvalue weighted by Crippen LogP contribution is -2.30. The van der Waals surface area contributed by atoms with Crippen molar-refractivity contribution < 1.29 is 23.8 Å². The molecule has 0 aliphatic rings. The van der Waals surface area contributed by atoms with E-state index in [4.69, 9.17) is 14.2 Å². The standard InChI is InChI=1S/C24H29NO5/c1-15(2)19-9-7-8-16(3)23(19)25-24(27)17(4)30-22(26)13-11-18-10-12-20(28-5)21(14-18)29-6/h7-15,17H,1-6H3,(H,25,27)/b13-11+/t17-/m0/s1. The van der Waals surface area contributed by atoms with E-state index < -0.39 is 12.1 Å². The van der Waals surface area contributed by atoms with Crippen LogP contribution < -0.4 is 14.8 Å². The maximum Gasteiger partial charge on any atom is 0.331 e. The van der Waals surface area contributed by atoms with Crippen molar-refractivity contribution in [1.29, 1.82) is 0 Å². The summed E-state index contributed by atoms with van der Waals surface area (Å²) < 4.78 is 15.7. The Morgan fingerprint density at radius 1 is 1.00 bits per heavy atom. The zero-order chi connectivity index (χ0) is 22.3. The second-order valence-electron chi connectivity index (χ2n) is 7.21. The van der Waals surface area contributed by atoms with Crippen LogP contribution in [-0.4, -0.2) is 32.2 Å². The number of hydrogen-bond donors (Lipinski definition) is 1. The Balaban J connectivity index is 2.02. The Bertz CT molecular complexity index is 933. The van der Waals surface area contributed by atoms with E-state index in [2.05, 4.69) is 19.2 Å². The second kappa shape index (κ2) is 10.5. The Kier molecular flexibility index (Phi) is 8.04. The molecule has 6 nitrogen and oxygen atoms in total. The monoisotopic (exact) mass is 411 g/mol. The van der Waals surface area contributed by atoms with Crippen molar-refractivity contribution in [3.63, 3.8) is 0 Å². The van der Waals surface area contributed by atoms with Gasteiger partial charge in [0.2, 0.25) is 0 Å². The first-order chi connectivity index (χ1) is 14.3. The van der Waals surface area contributed by atoms with Crippen LogP contribution in [0.5, 0.6) is 11.5 Å². The van der Waals surface area contributed by atoms with Gasteiger partial charge in [-0.05, 0) is 54.7 Å². The first-order valence-electron chi connectivity index (χ1n) is 9.77. The minimum Gasteiger partial charge on any atom is -0.493 e. The predicted molar refractivity (Wildman–Crippen MR) is 118 cm³/mol. The number of rotatable bonds is 8. The number of esters is 1. The molecule has 0 aromatic heterocycles. The van der Waals surface area contributed by atoms with Crippen molar-refractivity contribution in [3.05, 3.63) is 59.2 Å². The van der Waals surface area contributed by atoms with Crippen LogP contribution in [-0.2, 0) is 14.3 Å². The lowest BCUT2D eigenvalue weighted by molar-refractivity contribution is -0.148. The number of carbonyl (C=O) groups is 2. The van der Waals surface area contributed by atoms with Gasteiger partial charge in [0.15, 0.2) is 17.6 Å². The molecule has 6 heteroatoms. The summed E-state index contributed by atoms with van der Waals surface area (Å²) in [5, 5.41) is 2.90. The summed E-state index contributed by atoms with van der Waals surface area (Å²) in [4.78, 5) is 24.7. The van der Waals surface area contributed by atoms with Gasteiger partial charge in [-0.25, -0.2) is 4.79 Å². The maximum atomic E-state index is 12.6. The van der Waals surface area contributed by atoms with E-state index in [1.807, 2.05) is 25.1 Å². The first kappa shape index (κ1) is 23.0. The molecule has 0 saturated heterocycles. The van der Waals surface area contributed by atoms with Crippen LogP contribution in [0.15, 0.2) is 42.5 Å². The van der Waals surface area contributed by atoms with Gasteiger partial charge < -0.3 is 19.5 Å². The van der Waals surface area contributed by atoms with Crippen LogP contribution in [0.1, 0.15) is 43.4 Å². The van der Waals surface area contributed by atoms with Crippen molar-refractivity contribution in [2.45, 2.75) is 39.7 Å². The van der Waals surface area contributed by atoms with Crippen LogP contribution in [0.25, 0.3) is 6.08 Å². The summed E-state index contributed by atoms with van der Waals surface area (Å²) in [5.74, 6) is 0.419. The van der Waals surface area contributed by atoms with Crippen LogP contribution in [0.2, 0.25) is 0 Å². The molecule has 1 amide bonds. The molecular weight excluding hydrogens is 382 g/mol. The summed E-state index contributed by atoms with van der Waals surface area (Å²) in [5.41, 5.74) is 3.50. The highest BCUT2D eigenvalue weighted by molar-refractivity contribution is 5.97. The van der Waals surface area contributed by atoms with Gasteiger partial charge in [-0.15, -0.1) is 0 Å². The van der Waals surface area contributed by atoms with Gasteiger partial charge >= 0.3 is 5.97 Å². The molecule has 160 valence electrons.